The topological polar surface area (TPSA) is 111 Å². The maximum atomic E-state index is 13.5. The Bertz CT molecular complexity index is 1480. The van der Waals surface area contributed by atoms with Crippen molar-refractivity contribution in [1.82, 2.24) is 9.47 Å². The monoisotopic (exact) mass is 500 g/mol. The van der Waals surface area contributed by atoms with Crippen molar-refractivity contribution < 1.29 is 14.1 Å². The molecule has 3 aromatic rings. The smallest absolute Gasteiger partial charge is 0.401 e. The van der Waals surface area contributed by atoms with Crippen LogP contribution in [-0.4, -0.2) is 33.4 Å². The van der Waals surface area contributed by atoms with Gasteiger partial charge in [0.2, 0.25) is 0 Å². The Morgan fingerprint density at radius 2 is 1.94 bits per heavy atom. The number of halogens is 1. The molecule has 0 fully saturated rings. The van der Waals surface area contributed by atoms with E-state index in [4.69, 9.17) is 16.0 Å². The molecule has 0 radical (unpaired) electrons. The van der Waals surface area contributed by atoms with Gasteiger partial charge in [-0.3, -0.25) is 24.3 Å². The summed E-state index contributed by atoms with van der Waals surface area (Å²) < 4.78 is 6.96. The van der Waals surface area contributed by atoms with Gasteiger partial charge in [0, 0.05) is 24.2 Å². The number of thiazole rings is 1. The van der Waals surface area contributed by atoms with E-state index in [9.17, 15) is 19.7 Å². The molecule has 0 aliphatic carbocycles. The summed E-state index contributed by atoms with van der Waals surface area (Å²) in [7, 11) is 0. The Hall–Kier alpha value is -3.50. The Morgan fingerprint density at radius 3 is 2.53 bits per heavy atom. The second-order valence-electron chi connectivity index (χ2n) is 7.54. The molecule has 0 N–H and O–H groups in total. The van der Waals surface area contributed by atoms with Crippen LogP contribution in [0.4, 0.5) is 5.88 Å². The van der Waals surface area contributed by atoms with Gasteiger partial charge in [0.1, 0.15) is 10.7 Å². The molecule has 3 heterocycles. The van der Waals surface area contributed by atoms with Crippen molar-refractivity contribution in [2.45, 2.75) is 26.8 Å². The van der Waals surface area contributed by atoms with Crippen LogP contribution in [0.5, 0.6) is 0 Å². The van der Waals surface area contributed by atoms with Gasteiger partial charge in [0.25, 0.3) is 11.5 Å². The van der Waals surface area contributed by atoms with Gasteiger partial charge in [-0.25, -0.2) is 4.99 Å². The highest BCUT2D eigenvalue weighted by Gasteiger charge is 2.34. The zero-order chi connectivity index (χ0) is 24.6. The SMILES string of the molecule is CCN(CC)C(=O)C1=C(C)N=c2s/c(=C/c3ccc([N+](=O)[O-])o3)c(=O)n2[C@@H]1c1ccc(Cl)cc1. The van der Waals surface area contributed by atoms with E-state index < -0.39 is 16.8 Å². The molecule has 1 aliphatic rings. The lowest BCUT2D eigenvalue weighted by molar-refractivity contribution is -0.402. The highest BCUT2D eigenvalue weighted by Crippen LogP contribution is 2.31. The number of fused-ring (bicyclic) bond motifs is 1. The molecule has 4 rings (SSSR count). The lowest BCUT2D eigenvalue weighted by Gasteiger charge is -2.29. The van der Waals surface area contributed by atoms with Crippen LogP contribution in [0.3, 0.4) is 0 Å². The van der Waals surface area contributed by atoms with E-state index in [1.165, 1.54) is 22.8 Å². The highest BCUT2D eigenvalue weighted by molar-refractivity contribution is 7.07. The van der Waals surface area contributed by atoms with Crippen LogP contribution >= 0.6 is 22.9 Å². The van der Waals surface area contributed by atoms with E-state index in [-0.39, 0.29) is 21.8 Å². The molecule has 34 heavy (non-hydrogen) atoms. The van der Waals surface area contributed by atoms with Crippen molar-refractivity contribution in [2.75, 3.05) is 13.1 Å². The van der Waals surface area contributed by atoms with E-state index in [2.05, 4.69) is 4.99 Å². The molecular formula is C23H21ClN4O5S. The first-order chi connectivity index (χ1) is 16.2. The molecule has 11 heteroatoms. The standard InChI is InChI=1S/C23H21ClN4O5S/c1-4-26(5-2)22(30)19-13(3)25-23-27(20(19)14-6-8-15(24)9-7-14)21(29)17(34-23)12-16-10-11-18(33-16)28(31)32/h6-12,20H,4-5H2,1-3H3/b17-12+/t20-/m1/s1. The molecule has 2 aromatic heterocycles. The molecule has 1 atom stereocenters. The number of hydrogen-bond donors (Lipinski definition) is 0. The summed E-state index contributed by atoms with van der Waals surface area (Å²) in [5, 5.41) is 11.5. The van der Waals surface area contributed by atoms with E-state index in [0.717, 1.165) is 16.9 Å². The largest absolute Gasteiger partial charge is 0.433 e. The molecule has 0 spiro atoms. The van der Waals surface area contributed by atoms with E-state index in [1.54, 1.807) is 36.1 Å². The van der Waals surface area contributed by atoms with Crippen LogP contribution < -0.4 is 14.9 Å². The van der Waals surface area contributed by atoms with Crippen LogP contribution in [-0.2, 0) is 4.79 Å². The average molecular weight is 501 g/mol. The van der Waals surface area contributed by atoms with Crippen LogP contribution in [0.2, 0.25) is 5.02 Å². The fraction of sp³-hybridized carbons (Fsp3) is 0.261. The summed E-state index contributed by atoms with van der Waals surface area (Å²) in [6, 6.07) is 8.95. The van der Waals surface area contributed by atoms with Crippen LogP contribution in [0.1, 0.15) is 38.1 Å². The molecule has 0 saturated heterocycles. The molecule has 176 valence electrons. The van der Waals surface area contributed by atoms with Crippen LogP contribution in [0, 0.1) is 10.1 Å². The minimum absolute atomic E-state index is 0.176. The van der Waals surface area contributed by atoms with Crippen LogP contribution in [0.15, 0.2) is 61.9 Å². The van der Waals surface area contributed by atoms with Gasteiger partial charge in [-0.05, 0) is 44.5 Å². The average Bonchev–Trinajstić information content (AvgIpc) is 3.39. The fourth-order valence-corrected chi connectivity index (χ4v) is 5.04. The number of rotatable bonds is 6. The van der Waals surface area contributed by atoms with E-state index in [0.29, 0.717) is 34.2 Å². The lowest BCUT2D eigenvalue weighted by Crippen LogP contribution is -2.43. The Labute approximate surface area is 203 Å². The summed E-state index contributed by atoms with van der Waals surface area (Å²) in [6.45, 7) is 6.58. The predicted octanol–water partition coefficient (Wildman–Crippen LogP) is 3.26. The summed E-state index contributed by atoms with van der Waals surface area (Å²) >= 11 is 7.21. The summed E-state index contributed by atoms with van der Waals surface area (Å²) in [6.07, 6.45) is 1.45. The number of allylic oxidation sites excluding steroid dienone is 1. The quantitative estimate of drug-likeness (QED) is 0.381. The second kappa shape index (κ2) is 9.40. The third kappa shape index (κ3) is 4.22. The number of aromatic nitrogens is 1. The minimum Gasteiger partial charge on any atom is -0.401 e. The maximum absolute atomic E-state index is 13.5. The molecule has 0 saturated carbocycles. The Balaban J connectivity index is 1.93. The van der Waals surface area contributed by atoms with Gasteiger partial charge in [-0.2, -0.15) is 0 Å². The first-order valence-corrected chi connectivity index (χ1v) is 11.8. The van der Waals surface area contributed by atoms with Crippen molar-refractivity contribution in [3.63, 3.8) is 0 Å². The van der Waals surface area contributed by atoms with E-state index in [1.807, 2.05) is 13.8 Å². The number of nitro groups is 1. The van der Waals surface area contributed by atoms with Crippen molar-refractivity contribution in [3.05, 3.63) is 93.8 Å². The molecule has 9 nitrogen and oxygen atoms in total. The summed E-state index contributed by atoms with van der Waals surface area (Å²) in [5.41, 5.74) is 1.28. The first kappa shape index (κ1) is 23.7. The number of likely N-dealkylation sites (N-methyl/N-ethyl adjacent to an activating group) is 1. The van der Waals surface area contributed by atoms with Gasteiger partial charge >= 0.3 is 5.88 Å². The molecule has 1 aliphatic heterocycles. The summed E-state index contributed by atoms with van der Waals surface area (Å²) in [4.78, 5) is 44.0. The number of carbonyl (C=O) groups excluding carboxylic acids is 1. The second-order valence-corrected chi connectivity index (χ2v) is 8.99. The number of hydrogen-bond acceptors (Lipinski definition) is 7. The summed E-state index contributed by atoms with van der Waals surface area (Å²) in [5.74, 6) is -0.432. The van der Waals surface area contributed by atoms with Gasteiger partial charge in [0.15, 0.2) is 4.80 Å². The Kier molecular flexibility index (Phi) is 6.54. The van der Waals surface area contributed by atoms with E-state index >= 15 is 0 Å². The van der Waals surface area contributed by atoms with Crippen molar-refractivity contribution >= 4 is 40.8 Å². The van der Waals surface area contributed by atoms with Crippen molar-refractivity contribution in [3.8, 4) is 0 Å². The third-order valence-electron chi connectivity index (χ3n) is 5.55. The predicted molar refractivity (Wildman–Crippen MR) is 129 cm³/mol. The first-order valence-electron chi connectivity index (χ1n) is 10.6. The fourth-order valence-electron chi connectivity index (χ4n) is 3.88. The van der Waals surface area contributed by atoms with Gasteiger partial charge in [0.05, 0.1) is 27.9 Å². The van der Waals surface area contributed by atoms with Gasteiger partial charge < -0.3 is 9.32 Å². The number of carbonyl (C=O) groups is 1. The molecule has 0 bridgehead atoms. The third-order valence-corrected chi connectivity index (χ3v) is 6.79. The molecule has 0 unspecified atom stereocenters. The normalized spacial score (nSPS) is 15.8. The van der Waals surface area contributed by atoms with Gasteiger partial charge in [-0.1, -0.05) is 35.1 Å². The molecular weight excluding hydrogens is 480 g/mol. The minimum atomic E-state index is -0.699. The maximum Gasteiger partial charge on any atom is 0.433 e. The highest BCUT2D eigenvalue weighted by atomic mass is 35.5. The number of nitrogens with zero attached hydrogens (tertiary/aromatic N) is 4. The Morgan fingerprint density at radius 1 is 1.26 bits per heavy atom. The van der Waals surface area contributed by atoms with Gasteiger partial charge in [-0.15, -0.1) is 0 Å². The number of furan rings is 1. The van der Waals surface area contributed by atoms with Crippen molar-refractivity contribution in [2.24, 2.45) is 4.99 Å². The zero-order valence-corrected chi connectivity index (χ0v) is 20.2. The molecule has 1 amide bonds. The zero-order valence-electron chi connectivity index (χ0n) is 18.6. The van der Waals surface area contributed by atoms with Crippen LogP contribution in [0.25, 0.3) is 6.08 Å². The number of amides is 1. The number of benzene rings is 1. The van der Waals surface area contributed by atoms with Crippen molar-refractivity contribution in [1.29, 1.82) is 0 Å². The molecule has 1 aromatic carbocycles. The lowest BCUT2D eigenvalue weighted by atomic mass is 9.94.